The van der Waals surface area contributed by atoms with Crippen LogP contribution in [0, 0.1) is 5.82 Å². The number of nitrogens with zero attached hydrogens (tertiary/aromatic N) is 2. The molecule has 2 aliphatic rings. The maximum Gasteiger partial charge on any atom is 0.333 e. The largest absolute Gasteiger partial charge is 0.384 e. The first-order chi connectivity index (χ1) is 18.7. The highest BCUT2D eigenvalue weighted by atomic mass is 32.2. The molecule has 0 aliphatic carbocycles. The van der Waals surface area contributed by atoms with Gasteiger partial charge in [0.05, 0.1) is 12.1 Å². The lowest BCUT2D eigenvalue weighted by atomic mass is 9.97. The van der Waals surface area contributed by atoms with Gasteiger partial charge in [-0.3, -0.25) is 9.59 Å². The Morgan fingerprint density at radius 2 is 1.79 bits per heavy atom. The van der Waals surface area contributed by atoms with Gasteiger partial charge in [0, 0.05) is 30.0 Å². The third kappa shape index (κ3) is 5.95. The Balaban J connectivity index is 1.25. The number of urea groups is 1. The van der Waals surface area contributed by atoms with E-state index in [4.69, 9.17) is 0 Å². The first-order valence-electron chi connectivity index (χ1n) is 12.3. The predicted molar refractivity (Wildman–Crippen MR) is 146 cm³/mol. The minimum Gasteiger partial charge on any atom is -0.384 e. The van der Waals surface area contributed by atoms with E-state index in [1.165, 1.54) is 37.1 Å². The van der Waals surface area contributed by atoms with E-state index >= 15 is 4.39 Å². The Bertz CT molecular complexity index is 1520. The van der Waals surface area contributed by atoms with E-state index in [0.717, 1.165) is 54.2 Å². The van der Waals surface area contributed by atoms with Crippen molar-refractivity contribution < 1.29 is 27.2 Å². The second-order valence-corrected chi connectivity index (χ2v) is 12.1. The molecule has 204 valence electrons. The van der Waals surface area contributed by atoms with Crippen LogP contribution in [0.5, 0.6) is 0 Å². The predicted octanol–water partition coefficient (Wildman–Crippen LogP) is 3.63. The lowest BCUT2D eigenvalue weighted by Gasteiger charge is -2.27. The molecule has 2 aromatic carbocycles. The summed E-state index contributed by atoms with van der Waals surface area (Å²) >= 11 is 0.938. The van der Waals surface area contributed by atoms with Crippen molar-refractivity contribution in [1.29, 1.82) is 0 Å². The van der Waals surface area contributed by atoms with Gasteiger partial charge in [-0.15, -0.1) is 11.3 Å². The second-order valence-electron chi connectivity index (χ2n) is 9.22. The van der Waals surface area contributed by atoms with Crippen molar-refractivity contribution in [2.45, 2.75) is 23.5 Å². The Kier molecular flexibility index (Phi) is 7.64. The van der Waals surface area contributed by atoms with E-state index in [0.29, 0.717) is 11.1 Å². The second kappa shape index (κ2) is 11.1. The van der Waals surface area contributed by atoms with Crippen LogP contribution in [0.2, 0.25) is 0 Å². The van der Waals surface area contributed by atoms with Crippen LogP contribution in [0.3, 0.4) is 0 Å². The molecule has 39 heavy (non-hydrogen) atoms. The molecule has 0 atom stereocenters. The molecule has 1 aromatic heterocycles. The van der Waals surface area contributed by atoms with E-state index in [2.05, 4.69) is 15.5 Å². The van der Waals surface area contributed by atoms with Gasteiger partial charge in [-0.05, 0) is 79.3 Å². The van der Waals surface area contributed by atoms with Crippen LogP contribution >= 0.6 is 11.3 Å². The summed E-state index contributed by atoms with van der Waals surface area (Å²) in [5.74, 6) is -2.16. The van der Waals surface area contributed by atoms with Gasteiger partial charge >= 0.3 is 6.03 Å². The zero-order chi connectivity index (χ0) is 27.6. The highest BCUT2D eigenvalue weighted by Crippen LogP contribution is 2.30. The lowest BCUT2D eigenvalue weighted by Crippen LogP contribution is -2.43. The van der Waals surface area contributed by atoms with Crippen LogP contribution in [0.25, 0.3) is 0 Å². The van der Waals surface area contributed by atoms with E-state index in [9.17, 15) is 22.8 Å². The SMILES string of the molecule is O=C(Nc1ccc(N2C(=O)Cc3cc(NCCN4CCCC4)ccc3C2=O)c(F)c1)NS(=O)(=O)c1cccs1. The number of fused-ring (bicyclic) bond motifs is 1. The van der Waals surface area contributed by atoms with Gasteiger partial charge in [-0.2, -0.15) is 0 Å². The molecule has 0 saturated carbocycles. The summed E-state index contributed by atoms with van der Waals surface area (Å²) in [6.07, 6.45) is 2.36. The van der Waals surface area contributed by atoms with Gasteiger partial charge in [0.25, 0.3) is 15.9 Å². The number of carbonyl (C=O) groups is 3. The molecule has 10 nitrogen and oxygen atoms in total. The highest BCUT2D eigenvalue weighted by molar-refractivity contribution is 7.92. The summed E-state index contributed by atoms with van der Waals surface area (Å²) in [7, 11) is -4.07. The maximum absolute atomic E-state index is 15.1. The average Bonchev–Trinajstić information content (AvgIpc) is 3.60. The molecule has 13 heteroatoms. The summed E-state index contributed by atoms with van der Waals surface area (Å²) in [4.78, 5) is 41.4. The van der Waals surface area contributed by atoms with Crippen molar-refractivity contribution in [2.75, 3.05) is 41.7 Å². The van der Waals surface area contributed by atoms with Gasteiger partial charge in [-0.25, -0.2) is 27.2 Å². The van der Waals surface area contributed by atoms with Gasteiger partial charge < -0.3 is 15.5 Å². The number of rotatable bonds is 8. The molecule has 0 spiro atoms. The number of hydrogen-bond donors (Lipinski definition) is 3. The lowest BCUT2D eigenvalue weighted by molar-refractivity contribution is -0.117. The molecule has 1 fully saturated rings. The Labute approximate surface area is 228 Å². The molecule has 3 N–H and O–H groups in total. The van der Waals surface area contributed by atoms with Crippen LogP contribution in [-0.4, -0.2) is 57.3 Å². The first-order valence-corrected chi connectivity index (χ1v) is 14.7. The Morgan fingerprint density at radius 3 is 2.51 bits per heavy atom. The third-order valence-corrected chi connectivity index (χ3v) is 9.25. The van der Waals surface area contributed by atoms with Gasteiger partial charge in [0.1, 0.15) is 10.0 Å². The normalized spacial score (nSPS) is 15.8. The number of benzene rings is 2. The minimum atomic E-state index is -4.07. The smallest absolute Gasteiger partial charge is 0.333 e. The van der Waals surface area contributed by atoms with Crippen LogP contribution in [-0.2, 0) is 21.2 Å². The summed E-state index contributed by atoms with van der Waals surface area (Å²) in [5.41, 5.74) is 1.36. The van der Waals surface area contributed by atoms with Crippen molar-refractivity contribution in [3.05, 3.63) is 70.9 Å². The summed E-state index contributed by atoms with van der Waals surface area (Å²) < 4.78 is 41.2. The fourth-order valence-corrected chi connectivity index (χ4v) is 6.55. The van der Waals surface area contributed by atoms with Crippen molar-refractivity contribution in [3.8, 4) is 0 Å². The van der Waals surface area contributed by atoms with Gasteiger partial charge in [-0.1, -0.05) is 6.07 Å². The quantitative estimate of drug-likeness (QED) is 0.352. The maximum atomic E-state index is 15.1. The number of nitrogens with one attached hydrogen (secondary N) is 3. The Morgan fingerprint density at radius 1 is 1.03 bits per heavy atom. The molecule has 0 unspecified atom stereocenters. The molecule has 5 rings (SSSR count). The van der Waals surface area contributed by atoms with Crippen molar-refractivity contribution >= 4 is 56.3 Å². The van der Waals surface area contributed by atoms with Crippen LogP contribution in [0.15, 0.2) is 58.1 Å². The molecular formula is C26H26FN5O5S2. The standard InChI is InChI=1S/C26H26FN5O5S2/c27-21-16-19(29-26(35)30-39(36,37)24-4-3-13-38-24)6-8-22(21)32-23(33)15-17-14-18(5-7-20(17)25(32)34)28-9-12-31-10-1-2-11-31/h3-8,13-14,16,28H,1-2,9-12,15H2,(H2,29,30,35). The highest BCUT2D eigenvalue weighted by Gasteiger charge is 2.34. The van der Waals surface area contributed by atoms with E-state index in [1.807, 2.05) is 4.72 Å². The van der Waals surface area contributed by atoms with E-state index in [1.54, 1.807) is 23.6 Å². The van der Waals surface area contributed by atoms with E-state index < -0.39 is 33.7 Å². The first kappa shape index (κ1) is 26.8. The molecule has 4 amide bonds. The summed E-state index contributed by atoms with van der Waals surface area (Å²) in [6, 6.07) is 10.3. The third-order valence-electron chi connectivity index (χ3n) is 6.52. The number of sulfonamides is 1. The van der Waals surface area contributed by atoms with Gasteiger partial charge in [0.2, 0.25) is 5.91 Å². The molecule has 3 heterocycles. The zero-order valence-electron chi connectivity index (χ0n) is 20.8. The van der Waals surface area contributed by atoms with Crippen molar-refractivity contribution in [2.24, 2.45) is 0 Å². The molecule has 1 saturated heterocycles. The molecule has 0 bridgehead atoms. The topological polar surface area (TPSA) is 128 Å². The number of halogens is 1. The number of anilines is 3. The average molecular weight is 572 g/mol. The number of likely N-dealkylation sites (tertiary alicyclic amines) is 1. The number of thiophene rings is 1. The van der Waals surface area contributed by atoms with Crippen molar-refractivity contribution in [3.63, 3.8) is 0 Å². The number of hydrogen-bond acceptors (Lipinski definition) is 8. The number of carbonyl (C=O) groups excluding carboxylic acids is 3. The number of amides is 4. The van der Waals surface area contributed by atoms with Crippen molar-refractivity contribution in [1.82, 2.24) is 9.62 Å². The fraction of sp³-hybridized carbons (Fsp3) is 0.269. The monoisotopic (exact) mass is 571 g/mol. The molecular weight excluding hydrogens is 545 g/mol. The molecule has 2 aliphatic heterocycles. The summed E-state index contributed by atoms with van der Waals surface area (Å²) in [6.45, 7) is 3.86. The van der Waals surface area contributed by atoms with Crippen LogP contribution < -0.4 is 20.3 Å². The number of imide groups is 1. The summed E-state index contributed by atoms with van der Waals surface area (Å²) in [5, 5.41) is 7.13. The van der Waals surface area contributed by atoms with Crippen LogP contribution in [0.1, 0.15) is 28.8 Å². The van der Waals surface area contributed by atoms with Crippen LogP contribution in [0.4, 0.5) is 26.2 Å². The molecule has 3 aromatic rings. The van der Waals surface area contributed by atoms with Gasteiger partial charge in [0.15, 0.2) is 0 Å². The minimum absolute atomic E-state index is 0.0495. The van der Waals surface area contributed by atoms with E-state index in [-0.39, 0.29) is 22.0 Å². The zero-order valence-corrected chi connectivity index (χ0v) is 22.4. The Hall–Kier alpha value is -3.81. The molecule has 0 radical (unpaired) electrons. The fourth-order valence-electron chi connectivity index (χ4n) is 4.65.